The van der Waals surface area contributed by atoms with Crippen molar-refractivity contribution in [2.24, 2.45) is 0 Å². The summed E-state index contributed by atoms with van der Waals surface area (Å²) in [4.78, 5) is 11.4. The van der Waals surface area contributed by atoms with Gasteiger partial charge < -0.3 is 10.1 Å². The largest absolute Gasteiger partial charge is 0.456 e. The summed E-state index contributed by atoms with van der Waals surface area (Å²) in [5.41, 5.74) is 0.594. The first-order valence-corrected chi connectivity index (χ1v) is 8.64. The van der Waals surface area contributed by atoms with Crippen LogP contribution in [-0.4, -0.2) is 20.1 Å². The number of nitrogens with one attached hydrogen (secondary N) is 1. The molecule has 6 heteroatoms. The average molecular weight is 331 g/mol. The molecule has 1 N–H and O–H groups in total. The zero-order valence-electron chi connectivity index (χ0n) is 12.7. The van der Waals surface area contributed by atoms with Gasteiger partial charge in [-0.25, -0.2) is 8.42 Å². The van der Waals surface area contributed by atoms with Gasteiger partial charge in [0.05, 0.1) is 5.75 Å². The van der Waals surface area contributed by atoms with Gasteiger partial charge in [-0.3, -0.25) is 4.79 Å². The Morgan fingerprint density at radius 2 is 1.83 bits per heavy atom. The summed E-state index contributed by atoms with van der Waals surface area (Å²) >= 11 is 0. The Bertz CT molecular complexity index is 811. The van der Waals surface area contributed by atoms with Gasteiger partial charge in [-0.05, 0) is 42.5 Å². The zero-order chi connectivity index (χ0) is 16.9. The predicted octanol–water partition coefficient (Wildman–Crippen LogP) is 3.40. The van der Waals surface area contributed by atoms with Crippen molar-refractivity contribution < 1.29 is 17.9 Å². The summed E-state index contributed by atoms with van der Waals surface area (Å²) < 4.78 is 29.8. The molecule has 0 bridgehead atoms. The predicted molar refractivity (Wildman–Crippen MR) is 89.5 cm³/mol. The molecule has 0 saturated heterocycles. The molecule has 0 heterocycles. The fourth-order valence-corrected chi connectivity index (χ4v) is 2.89. The first kappa shape index (κ1) is 16.8. The Morgan fingerprint density at radius 1 is 1.17 bits per heavy atom. The molecule has 0 radical (unpaired) electrons. The lowest BCUT2D eigenvalue weighted by Crippen LogP contribution is -2.07. The molecule has 0 spiro atoms. The van der Waals surface area contributed by atoms with Crippen molar-refractivity contribution in [3.63, 3.8) is 0 Å². The van der Waals surface area contributed by atoms with Gasteiger partial charge in [-0.1, -0.05) is 25.6 Å². The van der Waals surface area contributed by atoms with E-state index in [0.29, 0.717) is 11.4 Å². The van der Waals surface area contributed by atoms with Crippen LogP contribution in [0.2, 0.25) is 0 Å². The lowest BCUT2D eigenvalue weighted by molar-refractivity contribution is -0.111. The minimum absolute atomic E-state index is 0.000103. The van der Waals surface area contributed by atoms with E-state index in [9.17, 15) is 13.2 Å². The number of benzene rings is 2. The van der Waals surface area contributed by atoms with Gasteiger partial charge in [0.2, 0.25) is 5.91 Å². The van der Waals surface area contributed by atoms with Crippen LogP contribution in [0.15, 0.2) is 66.1 Å². The van der Waals surface area contributed by atoms with Crippen LogP contribution in [0.25, 0.3) is 0 Å². The van der Waals surface area contributed by atoms with Gasteiger partial charge in [0, 0.05) is 5.69 Å². The van der Waals surface area contributed by atoms with Gasteiger partial charge in [0.1, 0.15) is 16.4 Å². The van der Waals surface area contributed by atoms with Crippen molar-refractivity contribution in [3.05, 3.63) is 61.2 Å². The molecule has 0 aliphatic heterocycles. The van der Waals surface area contributed by atoms with Crippen molar-refractivity contribution in [2.75, 3.05) is 11.1 Å². The first-order valence-electron chi connectivity index (χ1n) is 6.99. The molecular weight excluding hydrogens is 314 g/mol. The van der Waals surface area contributed by atoms with Crippen LogP contribution in [0.1, 0.15) is 6.92 Å². The number of anilines is 1. The van der Waals surface area contributed by atoms with Gasteiger partial charge in [0.25, 0.3) is 0 Å². The molecule has 120 valence electrons. The molecule has 0 atom stereocenters. The van der Waals surface area contributed by atoms with Crippen LogP contribution < -0.4 is 10.1 Å². The minimum atomic E-state index is -3.37. The van der Waals surface area contributed by atoms with Crippen LogP contribution in [0.3, 0.4) is 0 Å². The van der Waals surface area contributed by atoms with E-state index >= 15 is 0 Å². The van der Waals surface area contributed by atoms with E-state index in [4.69, 9.17) is 4.74 Å². The third-order valence-corrected chi connectivity index (χ3v) is 4.87. The minimum Gasteiger partial charge on any atom is -0.456 e. The number of carbonyl (C=O) groups excluding carboxylic acids is 1. The maximum absolute atomic E-state index is 12.1. The highest BCUT2D eigenvalue weighted by Crippen LogP contribution is 2.29. The Hall–Kier alpha value is -2.60. The summed E-state index contributed by atoms with van der Waals surface area (Å²) in [6.07, 6.45) is 1.18. The Labute approximate surface area is 135 Å². The Balaban J connectivity index is 2.23. The highest BCUT2D eigenvalue weighted by molar-refractivity contribution is 7.91. The third-order valence-electron chi connectivity index (χ3n) is 3.10. The number of hydrogen-bond acceptors (Lipinski definition) is 4. The molecule has 2 aromatic rings. The lowest BCUT2D eigenvalue weighted by atomic mass is 10.3. The van der Waals surface area contributed by atoms with Crippen molar-refractivity contribution in [2.45, 2.75) is 11.8 Å². The number of hydrogen-bond donors (Lipinski definition) is 1. The van der Waals surface area contributed by atoms with E-state index in [2.05, 4.69) is 11.9 Å². The molecule has 1 amide bonds. The first-order chi connectivity index (χ1) is 11.0. The number of ether oxygens (including phenoxy) is 1. The molecule has 2 rings (SSSR count). The SMILES string of the molecule is C=CC(=O)Nc1ccc(Oc2ccccc2S(=O)(=O)CC)cc1. The molecule has 0 fully saturated rings. The van der Waals surface area contributed by atoms with Crippen LogP contribution in [0.4, 0.5) is 5.69 Å². The standard InChI is InChI=1S/C17H17NO4S/c1-3-17(19)18-13-9-11-14(12-10-13)22-15-7-5-6-8-16(15)23(20,21)4-2/h3,5-12H,1,4H2,2H3,(H,18,19). The summed E-state index contributed by atoms with van der Waals surface area (Å²) in [7, 11) is -3.37. The topological polar surface area (TPSA) is 72.5 Å². The maximum atomic E-state index is 12.1. The molecule has 0 unspecified atom stereocenters. The van der Waals surface area contributed by atoms with Gasteiger partial charge >= 0.3 is 0 Å². The maximum Gasteiger partial charge on any atom is 0.247 e. The number of carbonyl (C=O) groups is 1. The van der Waals surface area contributed by atoms with E-state index in [1.54, 1.807) is 49.4 Å². The van der Waals surface area contributed by atoms with Crippen LogP contribution in [0.5, 0.6) is 11.5 Å². The molecule has 0 aliphatic rings. The molecule has 23 heavy (non-hydrogen) atoms. The van der Waals surface area contributed by atoms with Crippen LogP contribution in [0, 0.1) is 0 Å². The summed E-state index contributed by atoms with van der Waals surface area (Å²) in [5, 5.41) is 2.62. The monoisotopic (exact) mass is 331 g/mol. The molecule has 0 saturated carbocycles. The van der Waals surface area contributed by atoms with Crippen LogP contribution >= 0.6 is 0 Å². The normalized spacial score (nSPS) is 10.8. The van der Waals surface area contributed by atoms with E-state index in [1.165, 1.54) is 12.1 Å². The fraction of sp³-hybridized carbons (Fsp3) is 0.118. The van der Waals surface area contributed by atoms with Crippen LogP contribution in [-0.2, 0) is 14.6 Å². The smallest absolute Gasteiger partial charge is 0.247 e. The Morgan fingerprint density at radius 3 is 2.43 bits per heavy atom. The van der Waals surface area contributed by atoms with E-state index < -0.39 is 9.84 Å². The summed E-state index contributed by atoms with van der Waals surface area (Å²) in [5.74, 6) is 0.440. The number of sulfone groups is 1. The van der Waals surface area contributed by atoms with Crippen molar-refractivity contribution in [3.8, 4) is 11.5 Å². The summed E-state index contributed by atoms with van der Waals surface area (Å²) in [6, 6.07) is 13.1. The molecular formula is C17H17NO4S. The highest BCUT2D eigenvalue weighted by Gasteiger charge is 2.17. The second-order valence-electron chi connectivity index (χ2n) is 4.67. The summed E-state index contributed by atoms with van der Waals surface area (Å²) in [6.45, 7) is 4.96. The molecule has 0 aliphatic carbocycles. The van der Waals surface area contributed by atoms with Crippen molar-refractivity contribution in [1.82, 2.24) is 0 Å². The zero-order valence-corrected chi connectivity index (χ0v) is 13.5. The Kier molecular flexibility index (Phi) is 5.18. The van der Waals surface area contributed by atoms with E-state index in [0.717, 1.165) is 0 Å². The quantitative estimate of drug-likeness (QED) is 0.824. The number of rotatable bonds is 6. The molecule has 5 nitrogen and oxygen atoms in total. The average Bonchev–Trinajstić information content (AvgIpc) is 2.57. The van der Waals surface area contributed by atoms with Crippen molar-refractivity contribution >= 4 is 21.4 Å². The van der Waals surface area contributed by atoms with Gasteiger partial charge in [-0.2, -0.15) is 0 Å². The fourth-order valence-electron chi connectivity index (χ4n) is 1.87. The molecule has 0 aromatic heterocycles. The number of amides is 1. The van der Waals surface area contributed by atoms with Gasteiger partial charge in [0.15, 0.2) is 9.84 Å². The third kappa shape index (κ3) is 4.20. The molecule has 2 aromatic carbocycles. The highest BCUT2D eigenvalue weighted by atomic mass is 32.2. The van der Waals surface area contributed by atoms with E-state index in [-0.39, 0.29) is 22.3 Å². The second kappa shape index (κ2) is 7.11. The second-order valence-corrected chi connectivity index (χ2v) is 6.92. The lowest BCUT2D eigenvalue weighted by Gasteiger charge is -2.11. The van der Waals surface area contributed by atoms with Crippen molar-refractivity contribution in [1.29, 1.82) is 0 Å². The van der Waals surface area contributed by atoms with Gasteiger partial charge in [-0.15, -0.1) is 0 Å². The van der Waals surface area contributed by atoms with E-state index in [1.807, 2.05) is 0 Å². The number of para-hydroxylation sites is 1.